The van der Waals surface area contributed by atoms with Crippen LogP contribution in [-0.4, -0.2) is 46.2 Å². The number of benzene rings is 1. The minimum Gasteiger partial charge on any atom is -0.481 e. The van der Waals surface area contributed by atoms with Crippen LogP contribution in [-0.2, 0) is 4.79 Å². The number of piperidine rings is 1. The molecule has 25 heavy (non-hydrogen) atoms. The second kappa shape index (κ2) is 7.92. The van der Waals surface area contributed by atoms with Gasteiger partial charge in [-0.2, -0.15) is 5.10 Å². The topological polar surface area (TPSA) is 67.3 Å². The summed E-state index contributed by atoms with van der Waals surface area (Å²) < 4.78 is 18.5. The van der Waals surface area contributed by atoms with Gasteiger partial charge in [0.15, 0.2) is 6.10 Å². The van der Waals surface area contributed by atoms with Crippen molar-refractivity contribution in [3.63, 3.8) is 0 Å². The molecule has 7 heteroatoms. The molecule has 132 valence electrons. The second-order valence-corrected chi connectivity index (χ2v) is 6.07. The smallest absolute Gasteiger partial charge is 0.263 e. The molecular formula is C18H21FN4O2. The van der Waals surface area contributed by atoms with Gasteiger partial charge in [0.1, 0.15) is 17.4 Å². The predicted octanol–water partition coefficient (Wildman–Crippen LogP) is 2.49. The quantitative estimate of drug-likeness (QED) is 0.903. The Kier molecular flexibility index (Phi) is 5.42. The van der Waals surface area contributed by atoms with Crippen molar-refractivity contribution >= 4 is 11.7 Å². The van der Waals surface area contributed by atoms with Gasteiger partial charge >= 0.3 is 0 Å². The van der Waals surface area contributed by atoms with Crippen LogP contribution in [0.15, 0.2) is 42.6 Å². The first kappa shape index (κ1) is 17.1. The molecule has 1 aromatic carbocycles. The minimum atomic E-state index is -0.602. The fraction of sp³-hybridized carbons (Fsp3) is 0.389. The van der Waals surface area contributed by atoms with E-state index in [0.717, 1.165) is 18.7 Å². The number of ether oxygens (including phenoxy) is 1. The summed E-state index contributed by atoms with van der Waals surface area (Å²) in [5, 5.41) is 11.2. The number of likely N-dealkylation sites (tertiary alicyclic amines) is 1. The number of rotatable bonds is 5. The van der Waals surface area contributed by atoms with Gasteiger partial charge in [-0.3, -0.25) is 4.79 Å². The Morgan fingerprint density at radius 1 is 1.28 bits per heavy atom. The Hall–Kier alpha value is -2.70. The van der Waals surface area contributed by atoms with E-state index in [2.05, 4.69) is 15.5 Å². The van der Waals surface area contributed by atoms with E-state index < -0.39 is 6.10 Å². The zero-order valence-electron chi connectivity index (χ0n) is 14.1. The van der Waals surface area contributed by atoms with Crippen LogP contribution in [0.3, 0.4) is 0 Å². The first-order valence-corrected chi connectivity index (χ1v) is 8.37. The van der Waals surface area contributed by atoms with Gasteiger partial charge in [0.25, 0.3) is 5.91 Å². The van der Waals surface area contributed by atoms with Gasteiger partial charge in [0.2, 0.25) is 0 Å². The third kappa shape index (κ3) is 4.65. The summed E-state index contributed by atoms with van der Waals surface area (Å²) in [5.41, 5.74) is 0. The third-order valence-corrected chi connectivity index (χ3v) is 4.21. The van der Waals surface area contributed by atoms with Gasteiger partial charge < -0.3 is 15.0 Å². The number of halogens is 1. The number of anilines is 1. The van der Waals surface area contributed by atoms with E-state index >= 15 is 0 Å². The molecule has 1 atom stereocenters. The highest BCUT2D eigenvalue weighted by atomic mass is 19.1. The van der Waals surface area contributed by atoms with Crippen molar-refractivity contribution in [3.8, 4) is 5.75 Å². The van der Waals surface area contributed by atoms with Crippen LogP contribution in [0.5, 0.6) is 5.75 Å². The maximum Gasteiger partial charge on any atom is 0.263 e. The predicted molar refractivity (Wildman–Crippen MR) is 91.7 cm³/mol. The first-order chi connectivity index (χ1) is 12.1. The molecule has 1 aliphatic rings. The van der Waals surface area contributed by atoms with Crippen molar-refractivity contribution in [2.45, 2.75) is 31.9 Å². The van der Waals surface area contributed by atoms with E-state index in [1.165, 1.54) is 24.3 Å². The molecule has 0 unspecified atom stereocenters. The molecule has 1 aromatic heterocycles. The van der Waals surface area contributed by atoms with Gasteiger partial charge in [0.05, 0.1) is 0 Å². The molecule has 2 aromatic rings. The van der Waals surface area contributed by atoms with E-state index in [4.69, 9.17) is 4.74 Å². The normalized spacial score (nSPS) is 16.3. The van der Waals surface area contributed by atoms with Crippen LogP contribution in [0.4, 0.5) is 10.2 Å². The average molecular weight is 344 g/mol. The van der Waals surface area contributed by atoms with Gasteiger partial charge in [-0.25, -0.2) is 4.39 Å². The number of hydrogen-bond donors (Lipinski definition) is 1. The van der Waals surface area contributed by atoms with Crippen LogP contribution in [0.2, 0.25) is 0 Å². The number of hydrogen-bond acceptors (Lipinski definition) is 5. The Morgan fingerprint density at radius 2 is 2.00 bits per heavy atom. The lowest BCUT2D eigenvalue weighted by molar-refractivity contribution is -0.138. The van der Waals surface area contributed by atoms with Crippen LogP contribution in [0.25, 0.3) is 0 Å². The third-order valence-electron chi connectivity index (χ3n) is 4.21. The molecule has 2 heterocycles. The molecule has 1 fully saturated rings. The number of aromatic nitrogens is 2. The lowest BCUT2D eigenvalue weighted by Crippen LogP contribution is -2.47. The van der Waals surface area contributed by atoms with Crippen LogP contribution < -0.4 is 10.1 Å². The molecule has 1 saturated heterocycles. The number of nitrogens with one attached hydrogen (secondary N) is 1. The zero-order chi connectivity index (χ0) is 17.6. The van der Waals surface area contributed by atoms with Gasteiger partial charge in [-0.1, -0.05) is 0 Å². The minimum absolute atomic E-state index is 0.0534. The van der Waals surface area contributed by atoms with Crippen LogP contribution in [0, 0.1) is 5.82 Å². The molecule has 6 nitrogen and oxygen atoms in total. The fourth-order valence-electron chi connectivity index (χ4n) is 2.86. The standard InChI is InChI=1S/C18H21FN4O2/c1-13(25-16-6-4-14(19)5-7-16)18(24)23-11-8-15(9-12-23)21-17-3-2-10-20-22-17/h2-7,10,13,15H,8-9,11-12H2,1H3,(H,21,22)/t13-/m0/s1. The largest absolute Gasteiger partial charge is 0.481 e. The van der Waals surface area contributed by atoms with Crippen molar-refractivity contribution in [3.05, 3.63) is 48.4 Å². The summed E-state index contributed by atoms with van der Waals surface area (Å²) in [6.45, 7) is 3.04. The van der Waals surface area contributed by atoms with Crippen molar-refractivity contribution in [2.24, 2.45) is 0 Å². The molecule has 1 aliphatic heterocycles. The lowest BCUT2D eigenvalue weighted by atomic mass is 10.0. The molecular weight excluding hydrogens is 323 g/mol. The molecule has 0 saturated carbocycles. The fourth-order valence-corrected chi connectivity index (χ4v) is 2.86. The number of carbonyl (C=O) groups excluding carboxylic acids is 1. The summed E-state index contributed by atoms with van der Waals surface area (Å²) in [7, 11) is 0. The lowest BCUT2D eigenvalue weighted by Gasteiger charge is -2.34. The molecule has 1 amide bonds. The van der Waals surface area contributed by atoms with Gasteiger partial charge in [-0.05, 0) is 56.2 Å². The Morgan fingerprint density at radius 3 is 2.64 bits per heavy atom. The number of carbonyl (C=O) groups is 1. The summed E-state index contributed by atoms with van der Waals surface area (Å²) in [6, 6.07) is 9.67. The van der Waals surface area contributed by atoms with Crippen molar-refractivity contribution in [2.75, 3.05) is 18.4 Å². The maximum absolute atomic E-state index is 12.9. The summed E-state index contributed by atoms with van der Waals surface area (Å²) >= 11 is 0. The number of nitrogens with zero attached hydrogens (tertiary/aromatic N) is 3. The van der Waals surface area contributed by atoms with E-state index in [1.54, 1.807) is 13.1 Å². The van der Waals surface area contributed by atoms with Crippen LogP contribution in [0.1, 0.15) is 19.8 Å². The monoisotopic (exact) mass is 344 g/mol. The highest BCUT2D eigenvalue weighted by Gasteiger charge is 2.27. The summed E-state index contributed by atoms with van der Waals surface area (Å²) in [5.74, 6) is 0.855. The average Bonchev–Trinajstić information content (AvgIpc) is 2.64. The summed E-state index contributed by atoms with van der Waals surface area (Å²) in [4.78, 5) is 14.3. The Labute approximate surface area is 146 Å². The van der Waals surface area contributed by atoms with E-state index in [1.807, 2.05) is 17.0 Å². The highest BCUT2D eigenvalue weighted by Crippen LogP contribution is 2.18. The Bertz CT molecular complexity index is 688. The molecule has 1 N–H and O–H groups in total. The maximum atomic E-state index is 12.9. The molecule has 0 aliphatic carbocycles. The Balaban J connectivity index is 1.48. The number of amides is 1. The van der Waals surface area contributed by atoms with E-state index in [0.29, 0.717) is 18.8 Å². The molecule has 0 bridgehead atoms. The van der Waals surface area contributed by atoms with Gasteiger partial charge in [-0.15, -0.1) is 5.10 Å². The van der Waals surface area contributed by atoms with Crippen molar-refractivity contribution < 1.29 is 13.9 Å². The van der Waals surface area contributed by atoms with E-state index in [9.17, 15) is 9.18 Å². The van der Waals surface area contributed by atoms with Gasteiger partial charge in [0, 0.05) is 25.3 Å². The first-order valence-electron chi connectivity index (χ1n) is 8.37. The zero-order valence-corrected chi connectivity index (χ0v) is 14.1. The molecule has 0 spiro atoms. The van der Waals surface area contributed by atoms with E-state index in [-0.39, 0.29) is 17.8 Å². The van der Waals surface area contributed by atoms with Crippen molar-refractivity contribution in [1.29, 1.82) is 0 Å². The molecule has 3 rings (SSSR count). The van der Waals surface area contributed by atoms with Crippen molar-refractivity contribution in [1.82, 2.24) is 15.1 Å². The highest BCUT2D eigenvalue weighted by molar-refractivity contribution is 5.81. The molecule has 0 radical (unpaired) electrons. The summed E-state index contributed by atoms with van der Waals surface area (Å²) in [6.07, 6.45) is 2.71. The second-order valence-electron chi connectivity index (χ2n) is 6.07. The van der Waals surface area contributed by atoms with Crippen LogP contribution >= 0.6 is 0 Å². The SMILES string of the molecule is C[C@H](Oc1ccc(F)cc1)C(=O)N1CCC(Nc2cccnn2)CC1.